The number of quaternary nitrogens is 1. The van der Waals surface area contributed by atoms with Crippen LogP contribution in [0, 0.1) is 11.6 Å². The highest BCUT2D eigenvalue weighted by Gasteiger charge is 2.29. The lowest BCUT2D eigenvalue weighted by atomic mass is 10.1. The minimum atomic E-state index is -3.69. The summed E-state index contributed by atoms with van der Waals surface area (Å²) < 4.78 is 50.8. The smallest absolute Gasteiger partial charge is 0.190 e. The Morgan fingerprint density at radius 1 is 0.900 bits per heavy atom. The summed E-state index contributed by atoms with van der Waals surface area (Å²) >= 11 is 0. The average Bonchev–Trinajstić information content (AvgIpc) is 2.42. The van der Waals surface area contributed by atoms with Crippen LogP contribution in [0.15, 0.2) is 53.4 Å². The highest BCUT2D eigenvalue weighted by atomic mass is 32.2. The van der Waals surface area contributed by atoms with E-state index in [1.807, 2.05) is 0 Å². The van der Waals surface area contributed by atoms with Gasteiger partial charge in [-0.1, -0.05) is 12.1 Å². The van der Waals surface area contributed by atoms with E-state index in [9.17, 15) is 17.2 Å². The van der Waals surface area contributed by atoms with Gasteiger partial charge >= 0.3 is 0 Å². The van der Waals surface area contributed by atoms with Gasteiger partial charge in [0.05, 0.1) is 11.4 Å². The van der Waals surface area contributed by atoms with E-state index in [-0.39, 0.29) is 11.4 Å². The molecule has 0 saturated carbocycles. The zero-order valence-electron chi connectivity index (χ0n) is 10.6. The molecule has 0 aliphatic carbocycles. The minimum Gasteiger partial charge on any atom is -0.356 e. The van der Waals surface area contributed by atoms with E-state index in [0.717, 1.165) is 12.1 Å². The summed E-state index contributed by atoms with van der Waals surface area (Å²) in [6.45, 7) is 0.103. The van der Waals surface area contributed by atoms with Crippen LogP contribution in [-0.2, 0) is 9.84 Å². The van der Waals surface area contributed by atoms with E-state index >= 15 is 0 Å². The Hall–Kier alpha value is -1.79. The van der Waals surface area contributed by atoms with Crippen molar-refractivity contribution < 1.29 is 22.9 Å². The molecular formula is C14H14F2NO2S+. The third kappa shape index (κ3) is 2.86. The van der Waals surface area contributed by atoms with Gasteiger partial charge in [0.25, 0.3) is 0 Å². The summed E-state index contributed by atoms with van der Waals surface area (Å²) in [4.78, 5) is 0.0249. The number of hydrogen-bond acceptors (Lipinski definition) is 2. The van der Waals surface area contributed by atoms with E-state index in [4.69, 9.17) is 0 Å². The van der Waals surface area contributed by atoms with Crippen molar-refractivity contribution in [2.45, 2.75) is 10.1 Å². The molecule has 0 saturated heterocycles. The molecule has 2 aromatic carbocycles. The lowest BCUT2D eigenvalue weighted by Crippen LogP contribution is -2.54. The van der Waals surface area contributed by atoms with E-state index < -0.39 is 26.7 Å². The van der Waals surface area contributed by atoms with Crippen molar-refractivity contribution in [3.63, 3.8) is 0 Å². The maximum absolute atomic E-state index is 12.9. The van der Waals surface area contributed by atoms with E-state index in [0.29, 0.717) is 5.56 Å². The van der Waals surface area contributed by atoms with Gasteiger partial charge in [0.15, 0.2) is 9.84 Å². The number of benzene rings is 2. The van der Waals surface area contributed by atoms with Crippen LogP contribution < -0.4 is 5.73 Å². The van der Waals surface area contributed by atoms with E-state index in [1.54, 1.807) is 0 Å². The molecule has 0 radical (unpaired) electrons. The molecular weight excluding hydrogens is 284 g/mol. The Balaban J connectivity index is 2.44. The Kier molecular flexibility index (Phi) is 4.15. The van der Waals surface area contributed by atoms with Gasteiger partial charge < -0.3 is 5.73 Å². The van der Waals surface area contributed by atoms with Crippen molar-refractivity contribution in [1.82, 2.24) is 0 Å². The van der Waals surface area contributed by atoms with Gasteiger partial charge in [0.2, 0.25) is 0 Å². The van der Waals surface area contributed by atoms with Crippen LogP contribution in [0.3, 0.4) is 0 Å². The first-order chi connectivity index (χ1) is 9.45. The molecule has 2 rings (SSSR count). The maximum Gasteiger partial charge on any atom is 0.190 e. The topological polar surface area (TPSA) is 61.8 Å². The van der Waals surface area contributed by atoms with Crippen molar-refractivity contribution >= 4 is 9.84 Å². The summed E-state index contributed by atoms with van der Waals surface area (Å²) in [6, 6.07) is 9.89. The zero-order valence-corrected chi connectivity index (χ0v) is 11.4. The molecule has 3 nitrogen and oxygen atoms in total. The monoisotopic (exact) mass is 298 g/mol. The highest BCUT2D eigenvalue weighted by Crippen LogP contribution is 2.28. The van der Waals surface area contributed by atoms with Gasteiger partial charge in [-0.15, -0.1) is 0 Å². The summed E-state index contributed by atoms with van der Waals surface area (Å²) in [5.74, 6) is -0.937. The molecule has 0 aromatic heterocycles. The SMILES string of the molecule is [NH3+]C[C@@H](c1ccc(F)cc1)S(=O)(=O)c1ccc(F)cc1. The second kappa shape index (κ2) is 5.68. The second-order valence-corrected chi connectivity index (χ2v) is 6.46. The standard InChI is InChI=1S/C14H13F2NO2S/c15-11-3-1-10(2-4-11)14(9-17)20(18,19)13-7-5-12(16)6-8-13/h1-8,14H,9,17H2/p+1/t14-/m0/s1. The fourth-order valence-electron chi connectivity index (χ4n) is 1.97. The van der Waals surface area contributed by atoms with Gasteiger partial charge in [-0.25, -0.2) is 17.2 Å². The zero-order chi connectivity index (χ0) is 14.8. The van der Waals surface area contributed by atoms with E-state index in [2.05, 4.69) is 5.73 Å². The van der Waals surface area contributed by atoms with Crippen LogP contribution >= 0.6 is 0 Å². The fraction of sp³-hybridized carbons (Fsp3) is 0.143. The van der Waals surface area contributed by atoms with Crippen molar-refractivity contribution in [2.75, 3.05) is 6.54 Å². The molecule has 2 aromatic rings. The van der Waals surface area contributed by atoms with Crippen molar-refractivity contribution in [3.05, 3.63) is 65.7 Å². The normalized spacial score (nSPS) is 13.2. The number of hydrogen-bond donors (Lipinski definition) is 1. The van der Waals surface area contributed by atoms with Gasteiger partial charge in [0, 0.05) is 0 Å². The van der Waals surface area contributed by atoms with Gasteiger partial charge in [-0.3, -0.25) is 0 Å². The summed E-state index contributed by atoms with van der Waals surface area (Å²) in [6.07, 6.45) is 0. The van der Waals surface area contributed by atoms with Crippen LogP contribution in [0.4, 0.5) is 8.78 Å². The molecule has 0 spiro atoms. The Labute approximate surface area is 116 Å². The first-order valence-electron chi connectivity index (χ1n) is 5.99. The Bertz CT molecular complexity index is 682. The van der Waals surface area contributed by atoms with Crippen LogP contribution in [0.25, 0.3) is 0 Å². The first kappa shape index (κ1) is 14.6. The molecule has 0 fully saturated rings. The predicted molar refractivity (Wildman–Crippen MR) is 70.5 cm³/mol. The third-order valence-electron chi connectivity index (χ3n) is 3.02. The average molecular weight is 298 g/mol. The lowest BCUT2D eigenvalue weighted by Gasteiger charge is -2.14. The van der Waals surface area contributed by atoms with Gasteiger partial charge in [0.1, 0.15) is 16.9 Å². The Morgan fingerprint density at radius 3 is 1.80 bits per heavy atom. The molecule has 6 heteroatoms. The molecule has 0 aliphatic rings. The molecule has 0 amide bonds. The van der Waals surface area contributed by atoms with Crippen LogP contribution in [-0.4, -0.2) is 15.0 Å². The summed E-state index contributed by atoms with van der Waals surface area (Å²) in [5.41, 5.74) is 4.11. The highest BCUT2D eigenvalue weighted by molar-refractivity contribution is 7.91. The lowest BCUT2D eigenvalue weighted by molar-refractivity contribution is -0.367. The van der Waals surface area contributed by atoms with Crippen LogP contribution in [0.1, 0.15) is 10.8 Å². The quantitative estimate of drug-likeness (QED) is 0.874. The molecule has 1 atom stereocenters. The number of sulfone groups is 1. The number of halogens is 2. The fourth-order valence-corrected chi connectivity index (χ4v) is 3.64. The van der Waals surface area contributed by atoms with Crippen molar-refractivity contribution in [2.24, 2.45) is 0 Å². The summed E-state index contributed by atoms with van der Waals surface area (Å²) in [7, 11) is -3.69. The van der Waals surface area contributed by atoms with Crippen LogP contribution in [0.5, 0.6) is 0 Å². The van der Waals surface area contributed by atoms with Gasteiger partial charge in [-0.2, -0.15) is 0 Å². The van der Waals surface area contributed by atoms with Gasteiger partial charge in [-0.05, 0) is 42.0 Å². The summed E-state index contributed by atoms with van der Waals surface area (Å²) in [5, 5.41) is -0.881. The minimum absolute atomic E-state index is 0.0249. The Morgan fingerprint density at radius 2 is 1.35 bits per heavy atom. The molecule has 3 N–H and O–H groups in total. The molecule has 0 aliphatic heterocycles. The third-order valence-corrected chi connectivity index (χ3v) is 5.21. The molecule has 20 heavy (non-hydrogen) atoms. The molecule has 106 valence electrons. The molecule has 0 bridgehead atoms. The second-order valence-electron chi connectivity index (χ2n) is 4.33. The predicted octanol–water partition coefficient (Wildman–Crippen LogP) is 1.72. The first-order valence-corrected chi connectivity index (χ1v) is 7.54. The molecule has 0 unspecified atom stereocenters. The van der Waals surface area contributed by atoms with E-state index in [1.165, 1.54) is 36.4 Å². The van der Waals surface area contributed by atoms with Crippen molar-refractivity contribution in [1.29, 1.82) is 0 Å². The van der Waals surface area contributed by atoms with Crippen LogP contribution in [0.2, 0.25) is 0 Å². The largest absolute Gasteiger partial charge is 0.356 e. The molecule has 0 heterocycles. The maximum atomic E-state index is 12.9. The van der Waals surface area contributed by atoms with Crippen molar-refractivity contribution in [3.8, 4) is 0 Å². The number of rotatable bonds is 4.